The van der Waals surface area contributed by atoms with Crippen molar-refractivity contribution in [3.05, 3.63) is 24.3 Å². The molecule has 0 saturated carbocycles. The first kappa shape index (κ1) is 18.4. The zero-order valence-electron chi connectivity index (χ0n) is 14.3. The highest BCUT2D eigenvalue weighted by atomic mass is 35.5. The van der Waals surface area contributed by atoms with Gasteiger partial charge in [0.15, 0.2) is 0 Å². The summed E-state index contributed by atoms with van der Waals surface area (Å²) in [7, 11) is 0. The van der Waals surface area contributed by atoms with E-state index in [0.29, 0.717) is 30.4 Å². The highest BCUT2D eigenvalue weighted by Gasteiger charge is 2.31. The number of para-hydroxylation sites is 2. The second-order valence-corrected chi connectivity index (χ2v) is 6.93. The maximum absolute atomic E-state index is 12.1. The second kappa shape index (κ2) is 7.75. The van der Waals surface area contributed by atoms with E-state index in [2.05, 4.69) is 4.99 Å². The lowest BCUT2D eigenvalue weighted by atomic mass is 10.2. The number of nitrogens with two attached hydrogens (primary N) is 1. The lowest BCUT2D eigenvalue weighted by molar-refractivity contribution is 0.0276. The predicted molar refractivity (Wildman–Crippen MR) is 95.3 cm³/mol. The van der Waals surface area contributed by atoms with E-state index in [9.17, 15) is 4.79 Å². The van der Waals surface area contributed by atoms with Gasteiger partial charge < -0.3 is 20.1 Å². The Morgan fingerprint density at radius 2 is 2.12 bits per heavy atom. The monoisotopic (exact) mass is 353 g/mol. The number of nitrogens with zero attached hydrogens (tertiary/aromatic N) is 2. The van der Waals surface area contributed by atoms with Crippen molar-refractivity contribution >= 4 is 29.2 Å². The van der Waals surface area contributed by atoms with E-state index in [1.807, 2.05) is 45.0 Å². The van der Waals surface area contributed by atoms with Crippen LogP contribution in [0.1, 0.15) is 27.2 Å². The molecule has 6 nitrogen and oxygen atoms in total. The molecule has 1 heterocycles. The largest absolute Gasteiger partial charge is 0.486 e. The fraction of sp³-hybridized carbons (Fsp3) is 0.529. The topological polar surface area (TPSA) is 77.1 Å². The molecule has 0 bridgehead atoms. The maximum atomic E-state index is 12.1. The number of ether oxygens (including phenoxy) is 2. The molecule has 1 fully saturated rings. The Bertz CT molecular complexity index is 613. The van der Waals surface area contributed by atoms with Crippen molar-refractivity contribution in [2.24, 2.45) is 10.7 Å². The third kappa shape index (κ3) is 5.30. The molecule has 7 heteroatoms. The second-order valence-electron chi connectivity index (χ2n) is 6.66. The summed E-state index contributed by atoms with van der Waals surface area (Å²) in [6.07, 6.45) is 0.319. The molecule has 0 aromatic heterocycles. The zero-order chi connectivity index (χ0) is 17.7. The van der Waals surface area contributed by atoms with E-state index in [1.54, 1.807) is 4.90 Å². The zero-order valence-corrected chi connectivity index (χ0v) is 15.0. The van der Waals surface area contributed by atoms with Crippen molar-refractivity contribution in [3.63, 3.8) is 0 Å². The molecule has 1 aliphatic rings. The van der Waals surface area contributed by atoms with Gasteiger partial charge >= 0.3 is 6.09 Å². The minimum absolute atomic E-state index is 0.105. The summed E-state index contributed by atoms with van der Waals surface area (Å²) >= 11 is 5.68. The fourth-order valence-corrected chi connectivity index (χ4v) is 2.39. The Hall–Kier alpha value is -1.95. The van der Waals surface area contributed by atoms with Crippen LogP contribution in [0.25, 0.3) is 0 Å². The molecule has 0 spiro atoms. The van der Waals surface area contributed by atoms with Gasteiger partial charge in [-0.2, -0.15) is 0 Å². The van der Waals surface area contributed by atoms with Crippen LogP contribution in [0, 0.1) is 0 Å². The standard InChI is InChI=1S/C17H24ClN3O3/c1-17(2,3)24-16(22)21-9-8-12(11-21)23-14-7-5-4-6-13(14)20-15(19)10-18/h4-7,12H,8-11H2,1-3H3,(H2,19,20). The third-order valence-corrected chi connectivity index (χ3v) is 3.63. The molecule has 0 aliphatic carbocycles. The molecular weight excluding hydrogens is 330 g/mol. The lowest BCUT2D eigenvalue weighted by Gasteiger charge is -2.24. The Balaban J connectivity index is 2.00. The van der Waals surface area contributed by atoms with Gasteiger partial charge in [0.2, 0.25) is 0 Å². The van der Waals surface area contributed by atoms with Gasteiger partial charge in [0.1, 0.15) is 29.0 Å². The number of hydrogen-bond acceptors (Lipinski definition) is 4. The number of alkyl halides is 1. The quantitative estimate of drug-likeness (QED) is 0.512. The van der Waals surface area contributed by atoms with Crippen LogP contribution in [0.5, 0.6) is 5.75 Å². The first-order chi connectivity index (χ1) is 11.3. The average Bonchev–Trinajstić information content (AvgIpc) is 2.96. The highest BCUT2D eigenvalue weighted by molar-refractivity contribution is 6.28. The number of hydrogen-bond donors (Lipinski definition) is 1. The molecule has 0 radical (unpaired) electrons. The van der Waals surface area contributed by atoms with E-state index in [0.717, 1.165) is 6.42 Å². The van der Waals surface area contributed by atoms with E-state index >= 15 is 0 Å². The van der Waals surface area contributed by atoms with E-state index in [-0.39, 0.29) is 18.1 Å². The number of carbonyl (C=O) groups excluding carboxylic acids is 1. The molecule has 1 aromatic carbocycles. The third-order valence-electron chi connectivity index (χ3n) is 3.36. The van der Waals surface area contributed by atoms with Crippen LogP contribution in [-0.4, -0.2) is 47.5 Å². The SMILES string of the molecule is CC(C)(C)OC(=O)N1CCC(Oc2ccccc2N=C(N)CCl)C1. The summed E-state index contributed by atoms with van der Waals surface area (Å²) in [5.41, 5.74) is 5.82. The number of likely N-dealkylation sites (tertiary alicyclic amines) is 1. The number of amides is 1. The van der Waals surface area contributed by atoms with Crippen LogP contribution < -0.4 is 10.5 Å². The summed E-state index contributed by atoms with van der Waals surface area (Å²) in [5.74, 6) is 1.11. The van der Waals surface area contributed by atoms with Crippen molar-refractivity contribution in [2.45, 2.75) is 38.9 Å². The molecule has 1 aliphatic heterocycles. The molecule has 132 valence electrons. The summed E-state index contributed by atoms with van der Waals surface area (Å²) in [6, 6.07) is 7.37. The summed E-state index contributed by atoms with van der Waals surface area (Å²) in [5, 5.41) is 0. The van der Waals surface area contributed by atoms with Crippen LogP contribution in [-0.2, 0) is 4.74 Å². The lowest BCUT2D eigenvalue weighted by Crippen LogP contribution is -2.36. The summed E-state index contributed by atoms with van der Waals surface area (Å²) in [6.45, 7) is 6.65. The van der Waals surface area contributed by atoms with Crippen LogP contribution in [0.15, 0.2) is 29.3 Å². The molecule has 1 atom stereocenters. The number of benzene rings is 1. The van der Waals surface area contributed by atoms with Crippen molar-refractivity contribution in [1.29, 1.82) is 0 Å². The van der Waals surface area contributed by atoms with E-state index in [1.165, 1.54) is 0 Å². The molecule has 1 unspecified atom stereocenters. The van der Waals surface area contributed by atoms with Crippen LogP contribution >= 0.6 is 11.6 Å². The Kier molecular flexibility index (Phi) is 5.94. The minimum Gasteiger partial charge on any atom is -0.486 e. The molecule has 1 amide bonds. The first-order valence-corrected chi connectivity index (χ1v) is 8.44. The molecule has 2 N–H and O–H groups in total. The fourth-order valence-electron chi connectivity index (χ4n) is 2.33. The van der Waals surface area contributed by atoms with Gasteiger partial charge in [0.25, 0.3) is 0 Å². The smallest absolute Gasteiger partial charge is 0.410 e. The van der Waals surface area contributed by atoms with Crippen LogP contribution in [0.4, 0.5) is 10.5 Å². The average molecular weight is 354 g/mol. The minimum atomic E-state index is -0.504. The summed E-state index contributed by atoms with van der Waals surface area (Å²) < 4.78 is 11.4. The Morgan fingerprint density at radius 3 is 2.79 bits per heavy atom. The van der Waals surface area contributed by atoms with Gasteiger partial charge in [-0.15, -0.1) is 11.6 Å². The normalized spacial score (nSPS) is 18.6. The molecule has 24 heavy (non-hydrogen) atoms. The molecule has 1 saturated heterocycles. The number of amidine groups is 1. The first-order valence-electron chi connectivity index (χ1n) is 7.91. The predicted octanol–water partition coefficient (Wildman–Crippen LogP) is 3.30. The van der Waals surface area contributed by atoms with Crippen LogP contribution in [0.3, 0.4) is 0 Å². The van der Waals surface area contributed by atoms with Crippen molar-refractivity contribution in [2.75, 3.05) is 19.0 Å². The van der Waals surface area contributed by atoms with Gasteiger partial charge in [-0.3, -0.25) is 0 Å². The molecule has 2 rings (SSSR count). The van der Waals surface area contributed by atoms with Crippen molar-refractivity contribution in [3.8, 4) is 5.75 Å². The van der Waals surface area contributed by atoms with Gasteiger partial charge in [-0.25, -0.2) is 9.79 Å². The van der Waals surface area contributed by atoms with E-state index < -0.39 is 5.60 Å². The van der Waals surface area contributed by atoms with Crippen LogP contribution in [0.2, 0.25) is 0 Å². The Morgan fingerprint density at radius 1 is 1.42 bits per heavy atom. The number of rotatable bonds is 4. The Labute approximate surface area is 147 Å². The van der Waals surface area contributed by atoms with Crippen molar-refractivity contribution < 1.29 is 14.3 Å². The molecule has 1 aromatic rings. The van der Waals surface area contributed by atoms with Gasteiger partial charge in [-0.05, 0) is 32.9 Å². The number of carbonyl (C=O) groups is 1. The number of halogens is 1. The van der Waals surface area contributed by atoms with Gasteiger partial charge in [0.05, 0.1) is 12.4 Å². The molecular formula is C17H24ClN3O3. The van der Waals surface area contributed by atoms with E-state index in [4.69, 9.17) is 26.8 Å². The van der Waals surface area contributed by atoms with Crippen molar-refractivity contribution in [1.82, 2.24) is 4.90 Å². The maximum Gasteiger partial charge on any atom is 0.410 e. The highest BCUT2D eigenvalue weighted by Crippen LogP contribution is 2.29. The van der Waals surface area contributed by atoms with Gasteiger partial charge in [-0.1, -0.05) is 12.1 Å². The summed E-state index contributed by atoms with van der Waals surface area (Å²) in [4.78, 5) is 18.0. The number of aliphatic imine (C=N–C) groups is 1. The van der Waals surface area contributed by atoms with Gasteiger partial charge in [0, 0.05) is 13.0 Å².